The summed E-state index contributed by atoms with van der Waals surface area (Å²) in [5.74, 6) is -1.01. The number of aromatic nitrogens is 2. The standard InChI is InChI=1S/C5H6N2O3S/c1-10-2-3-4(5(8)9)11-7-6-3/h2H2,1H3,(H,8,9). The van der Waals surface area contributed by atoms with Gasteiger partial charge in [-0.1, -0.05) is 4.49 Å². The highest BCUT2D eigenvalue weighted by molar-refractivity contribution is 7.07. The fraction of sp³-hybridized carbons (Fsp3) is 0.400. The maximum Gasteiger partial charge on any atom is 0.349 e. The van der Waals surface area contributed by atoms with Crippen molar-refractivity contribution < 1.29 is 14.6 Å². The molecule has 0 aromatic carbocycles. The molecule has 0 radical (unpaired) electrons. The number of nitrogens with zero attached hydrogens (tertiary/aromatic N) is 2. The monoisotopic (exact) mass is 174 g/mol. The molecule has 0 fully saturated rings. The van der Waals surface area contributed by atoms with E-state index in [2.05, 4.69) is 9.59 Å². The summed E-state index contributed by atoms with van der Waals surface area (Å²) in [5, 5.41) is 12.1. The highest BCUT2D eigenvalue weighted by atomic mass is 32.1. The van der Waals surface area contributed by atoms with Gasteiger partial charge < -0.3 is 9.84 Å². The van der Waals surface area contributed by atoms with Gasteiger partial charge in [-0.3, -0.25) is 0 Å². The molecule has 0 amide bonds. The number of aromatic carboxylic acids is 1. The third-order valence-electron chi connectivity index (χ3n) is 1.03. The van der Waals surface area contributed by atoms with Gasteiger partial charge in [0.25, 0.3) is 0 Å². The molecule has 0 bridgehead atoms. The van der Waals surface area contributed by atoms with Gasteiger partial charge in [0.05, 0.1) is 6.61 Å². The molecular formula is C5H6N2O3S. The van der Waals surface area contributed by atoms with Crippen LogP contribution in [0, 0.1) is 0 Å². The molecule has 6 heteroatoms. The third-order valence-corrected chi connectivity index (χ3v) is 1.79. The molecule has 60 valence electrons. The molecule has 5 nitrogen and oxygen atoms in total. The lowest BCUT2D eigenvalue weighted by Crippen LogP contribution is -1.99. The van der Waals surface area contributed by atoms with E-state index in [1.807, 2.05) is 0 Å². The highest BCUT2D eigenvalue weighted by Gasteiger charge is 2.13. The molecule has 1 rings (SSSR count). The molecule has 0 aliphatic rings. The zero-order chi connectivity index (χ0) is 8.27. The number of carboxylic acid groups (broad SMARTS) is 1. The molecule has 11 heavy (non-hydrogen) atoms. The Hall–Kier alpha value is -1.01. The minimum Gasteiger partial charge on any atom is -0.477 e. The minimum absolute atomic E-state index is 0.145. The topological polar surface area (TPSA) is 72.3 Å². The van der Waals surface area contributed by atoms with Crippen LogP contribution in [0.4, 0.5) is 0 Å². The van der Waals surface area contributed by atoms with Gasteiger partial charge >= 0.3 is 5.97 Å². The Kier molecular flexibility index (Phi) is 2.50. The summed E-state index contributed by atoms with van der Waals surface area (Å²) in [4.78, 5) is 10.6. The molecule has 1 N–H and O–H groups in total. The lowest BCUT2D eigenvalue weighted by Gasteiger charge is -1.92. The summed E-state index contributed by atoms with van der Waals surface area (Å²) in [6, 6.07) is 0. The van der Waals surface area contributed by atoms with Gasteiger partial charge in [0.2, 0.25) is 0 Å². The van der Waals surface area contributed by atoms with Crippen LogP contribution in [0.1, 0.15) is 15.4 Å². The zero-order valence-corrected chi connectivity index (χ0v) is 6.59. The Balaban J connectivity index is 2.87. The Labute approximate surface area is 66.8 Å². The molecule has 0 saturated heterocycles. The van der Waals surface area contributed by atoms with Crippen molar-refractivity contribution in [3.05, 3.63) is 10.6 Å². The van der Waals surface area contributed by atoms with Crippen LogP contribution in [0.25, 0.3) is 0 Å². The molecule has 0 aliphatic heterocycles. The third kappa shape index (κ3) is 1.72. The van der Waals surface area contributed by atoms with E-state index in [1.165, 1.54) is 7.11 Å². The van der Waals surface area contributed by atoms with Gasteiger partial charge in [-0.05, 0) is 11.5 Å². The van der Waals surface area contributed by atoms with Crippen LogP contribution in [0.15, 0.2) is 0 Å². The van der Waals surface area contributed by atoms with E-state index in [9.17, 15) is 4.79 Å². The number of carboxylic acids is 1. The predicted molar refractivity (Wildman–Crippen MR) is 37.6 cm³/mol. The summed E-state index contributed by atoms with van der Waals surface area (Å²) in [6.07, 6.45) is 0. The first-order valence-electron chi connectivity index (χ1n) is 2.79. The molecule has 1 aromatic heterocycles. The summed E-state index contributed by atoms with van der Waals surface area (Å²) in [7, 11) is 1.48. The second-order valence-corrected chi connectivity index (χ2v) is 2.54. The normalized spacial score (nSPS) is 9.91. The first kappa shape index (κ1) is 8.09. The molecule has 0 atom stereocenters. The second kappa shape index (κ2) is 3.40. The van der Waals surface area contributed by atoms with Crippen molar-refractivity contribution in [2.75, 3.05) is 7.11 Å². The molecule has 0 saturated carbocycles. The number of hydrogen-bond acceptors (Lipinski definition) is 5. The summed E-state index contributed by atoms with van der Waals surface area (Å²) >= 11 is 0.857. The zero-order valence-electron chi connectivity index (χ0n) is 5.77. The van der Waals surface area contributed by atoms with E-state index in [0.29, 0.717) is 5.69 Å². The first-order chi connectivity index (χ1) is 5.25. The van der Waals surface area contributed by atoms with Crippen LogP contribution in [-0.4, -0.2) is 27.8 Å². The Morgan fingerprint density at radius 3 is 3.09 bits per heavy atom. The average Bonchev–Trinajstić information content (AvgIpc) is 2.36. The van der Waals surface area contributed by atoms with E-state index < -0.39 is 5.97 Å². The largest absolute Gasteiger partial charge is 0.477 e. The second-order valence-electron chi connectivity index (χ2n) is 1.79. The van der Waals surface area contributed by atoms with Crippen molar-refractivity contribution in [1.82, 2.24) is 9.59 Å². The number of hydrogen-bond donors (Lipinski definition) is 1. The molecule has 0 aliphatic carbocycles. The van der Waals surface area contributed by atoms with E-state index in [-0.39, 0.29) is 11.5 Å². The Morgan fingerprint density at radius 1 is 1.82 bits per heavy atom. The SMILES string of the molecule is COCc1nnsc1C(=O)O. The number of carbonyl (C=O) groups is 1. The fourth-order valence-corrected chi connectivity index (χ4v) is 1.11. The fourth-order valence-electron chi connectivity index (χ4n) is 0.602. The lowest BCUT2D eigenvalue weighted by molar-refractivity contribution is 0.0697. The van der Waals surface area contributed by atoms with Crippen LogP contribution in [-0.2, 0) is 11.3 Å². The smallest absolute Gasteiger partial charge is 0.349 e. The van der Waals surface area contributed by atoms with Crippen molar-refractivity contribution in [3.8, 4) is 0 Å². The van der Waals surface area contributed by atoms with E-state index in [4.69, 9.17) is 9.84 Å². The maximum absolute atomic E-state index is 10.4. The highest BCUT2D eigenvalue weighted by Crippen LogP contribution is 2.10. The van der Waals surface area contributed by atoms with Crippen LogP contribution in [0.2, 0.25) is 0 Å². The van der Waals surface area contributed by atoms with Crippen molar-refractivity contribution in [2.45, 2.75) is 6.61 Å². The van der Waals surface area contributed by atoms with E-state index in [0.717, 1.165) is 11.5 Å². The van der Waals surface area contributed by atoms with Gasteiger partial charge in [-0.15, -0.1) is 5.10 Å². The number of methoxy groups -OCH3 is 1. The summed E-state index contributed by atoms with van der Waals surface area (Å²) < 4.78 is 8.21. The van der Waals surface area contributed by atoms with Gasteiger partial charge in [0.1, 0.15) is 5.69 Å². The maximum atomic E-state index is 10.4. The molecule has 0 spiro atoms. The van der Waals surface area contributed by atoms with Gasteiger partial charge in [0.15, 0.2) is 4.88 Å². The van der Waals surface area contributed by atoms with Crippen LogP contribution in [0.3, 0.4) is 0 Å². The average molecular weight is 174 g/mol. The molecule has 1 aromatic rings. The van der Waals surface area contributed by atoms with Crippen LogP contribution < -0.4 is 0 Å². The van der Waals surface area contributed by atoms with Crippen molar-refractivity contribution in [3.63, 3.8) is 0 Å². The molecule has 0 unspecified atom stereocenters. The van der Waals surface area contributed by atoms with E-state index >= 15 is 0 Å². The molecule has 1 heterocycles. The predicted octanol–water partition coefficient (Wildman–Crippen LogP) is 0.383. The van der Waals surface area contributed by atoms with Gasteiger partial charge in [0, 0.05) is 7.11 Å². The van der Waals surface area contributed by atoms with Crippen LogP contribution in [0.5, 0.6) is 0 Å². The number of rotatable bonds is 3. The van der Waals surface area contributed by atoms with Gasteiger partial charge in [-0.2, -0.15) is 0 Å². The summed E-state index contributed by atoms with van der Waals surface area (Å²) in [6.45, 7) is 0.193. The van der Waals surface area contributed by atoms with Crippen molar-refractivity contribution in [2.24, 2.45) is 0 Å². The van der Waals surface area contributed by atoms with Crippen molar-refractivity contribution in [1.29, 1.82) is 0 Å². The lowest BCUT2D eigenvalue weighted by atomic mass is 10.4. The summed E-state index contributed by atoms with van der Waals surface area (Å²) in [5.41, 5.74) is 0.380. The minimum atomic E-state index is -1.01. The number of ether oxygens (including phenoxy) is 1. The first-order valence-corrected chi connectivity index (χ1v) is 3.56. The Morgan fingerprint density at radius 2 is 2.55 bits per heavy atom. The van der Waals surface area contributed by atoms with Crippen LogP contribution >= 0.6 is 11.5 Å². The van der Waals surface area contributed by atoms with Gasteiger partial charge in [-0.25, -0.2) is 4.79 Å². The van der Waals surface area contributed by atoms with Crippen molar-refractivity contribution >= 4 is 17.5 Å². The molecular weight excluding hydrogens is 168 g/mol. The van der Waals surface area contributed by atoms with E-state index in [1.54, 1.807) is 0 Å². The quantitative estimate of drug-likeness (QED) is 0.717. The Bertz CT molecular complexity index is 260.